The highest BCUT2D eigenvalue weighted by Crippen LogP contribution is 2.22. The van der Waals surface area contributed by atoms with E-state index in [1.54, 1.807) is 30.3 Å². The first-order valence-electron chi connectivity index (χ1n) is 8.05. The van der Waals surface area contributed by atoms with Crippen LogP contribution in [-0.4, -0.2) is 35.0 Å². The van der Waals surface area contributed by atoms with Crippen LogP contribution in [0.5, 0.6) is 0 Å². The smallest absolute Gasteiger partial charge is 0.316 e. The normalized spacial score (nSPS) is 10.5. The SMILES string of the molecule is O=C(NCCNC(=O)c1nc(-c2ccc(Cl)cc2)no1)c1ccc(Cl)c(Cl)c1. The van der Waals surface area contributed by atoms with Crippen molar-refractivity contribution in [3.05, 3.63) is 69.0 Å². The fourth-order valence-electron chi connectivity index (χ4n) is 2.20. The van der Waals surface area contributed by atoms with E-state index < -0.39 is 5.91 Å². The Morgan fingerprint density at radius 2 is 1.57 bits per heavy atom. The summed E-state index contributed by atoms with van der Waals surface area (Å²) in [4.78, 5) is 28.1. The minimum absolute atomic E-state index is 0.171. The summed E-state index contributed by atoms with van der Waals surface area (Å²) in [5.41, 5.74) is 1.03. The molecule has 2 N–H and O–H groups in total. The number of carbonyl (C=O) groups excluding carboxylic acids is 2. The van der Waals surface area contributed by atoms with Gasteiger partial charge in [0.2, 0.25) is 5.82 Å². The zero-order valence-corrected chi connectivity index (χ0v) is 16.5. The minimum Gasteiger partial charge on any atom is -0.350 e. The number of aromatic nitrogens is 2. The standard InChI is InChI=1S/C18H13Cl3N4O3/c19-12-4-1-10(2-5-12)15-24-18(28-25-15)17(27)23-8-7-22-16(26)11-3-6-13(20)14(21)9-11/h1-6,9H,7-8H2,(H,22,26)(H,23,27). The third-order valence-corrected chi connectivity index (χ3v) is 4.59. The topological polar surface area (TPSA) is 97.1 Å². The molecular formula is C18H13Cl3N4O3. The van der Waals surface area contributed by atoms with Crippen LogP contribution in [0.2, 0.25) is 15.1 Å². The van der Waals surface area contributed by atoms with Crippen LogP contribution in [-0.2, 0) is 0 Å². The second-order valence-electron chi connectivity index (χ2n) is 5.57. The lowest BCUT2D eigenvalue weighted by Crippen LogP contribution is -2.34. The molecule has 3 rings (SSSR count). The second-order valence-corrected chi connectivity index (χ2v) is 6.82. The third-order valence-electron chi connectivity index (χ3n) is 3.60. The molecule has 0 unspecified atom stereocenters. The van der Waals surface area contributed by atoms with Gasteiger partial charge in [-0.2, -0.15) is 4.98 Å². The molecule has 2 aromatic carbocycles. The van der Waals surface area contributed by atoms with Crippen molar-refractivity contribution in [1.82, 2.24) is 20.8 Å². The Morgan fingerprint density at radius 1 is 0.893 bits per heavy atom. The quantitative estimate of drug-likeness (QED) is 0.569. The van der Waals surface area contributed by atoms with Gasteiger partial charge in [0, 0.05) is 29.2 Å². The molecule has 1 aromatic heterocycles. The summed E-state index contributed by atoms with van der Waals surface area (Å²) in [6, 6.07) is 11.4. The number of hydrogen-bond acceptors (Lipinski definition) is 5. The van der Waals surface area contributed by atoms with Crippen LogP contribution in [0.3, 0.4) is 0 Å². The van der Waals surface area contributed by atoms with Gasteiger partial charge in [0.15, 0.2) is 0 Å². The molecule has 7 nitrogen and oxygen atoms in total. The van der Waals surface area contributed by atoms with Crippen LogP contribution >= 0.6 is 34.8 Å². The van der Waals surface area contributed by atoms with Gasteiger partial charge >= 0.3 is 11.8 Å². The number of nitrogens with one attached hydrogen (secondary N) is 2. The van der Waals surface area contributed by atoms with Crippen molar-refractivity contribution in [2.45, 2.75) is 0 Å². The maximum atomic E-state index is 12.1. The number of rotatable bonds is 6. The highest BCUT2D eigenvalue weighted by atomic mass is 35.5. The van der Waals surface area contributed by atoms with Crippen molar-refractivity contribution in [3.8, 4) is 11.4 Å². The fraction of sp³-hybridized carbons (Fsp3) is 0.111. The summed E-state index contributed by atoms with van der Waals surface area (Å²) in [5, 5.41) is 10.2. The first-order chi connectivity index (χ1) is 13.4. The Balaban J connectivity index is 1.48. The lowest BCUT2D eigenvalue weighted by Gasteiger charge is -2.06. The minimum atomic E-state index is -0.545. The molecule has 0 spiro atoms. The molecule has 1 heterocycles. The molecule has 0 aliphatic carbocycles. The summed E-state index contributed by atoms with van der Waals surface area (Å²) >= 11 is 17.5. The molecule has 0 saturated carbocycles. The summed E-state index contributed by atoms with van der Waals surface area (Å²) in [6.07, 6.45) is 0. The predicted octanol–water partition coefficient (Wildman–Crippen LogP) is 3.86. The molecule has 0 radical (unpaired) electrons. The van der Waals surface area contributed by atoms with E-state index >= 15 is 0 Å². The average molecular weight is 440 g/mol. The number of halogens is 3. The summed E-state index contributed by atoms with van der Waals surface area (Å²) in [6.45, 7) is 0.369. The van der Waals surface area contributed by atoms with Crippen LogP contribution in [0.25, 0.3) is 11.4 Å². The third kappa shape index (κ3) is 5.01. The van der Waals surface area contributed by atoms with Crippen molar-refractivity contribution < 1.29 is 14.1 Å². The van der Waals surface area contributed by atoms with E-state index in [0.717, 1.165) is 0 Å². The van der Waals surface area contributed by atoms with Crippen LogP contribution < -0.4 is 10.6 Å². The van der Waals surface area contributed by atoms with Gasteiger partial charge in [-0.1, -0.05) is 40.0 Å². The largest absolute Gasteiger partial charge is 0.350 e. The predicted molar refractivity (Wildman–Crippen MR) is 106 cm³/mol. The maximum Gasteiger partial charge on any atom is 0.316 e. The highest BCUT2D eigenvalue weighted by molar-refractivity contribution is 6.42. The summed E-state index contributed by atoms with van der Waals surface area (Å²) < 4.78 is 4.96. The molecule has 3 aromatic rings. The van der Waals surface area contributed by atoms with Crippen molar-refractivity contribution in [2.24, 2.45) is 0 Å². The van der Waals surface area contributed by atoms with Crippen molar-refractivity contribution >= 4 is 46.6 Å². The number of nitrogens with zero attached hydrogens (tertiary/aromatic N) is 2. The van der Waals surface area contributed by atoms with E-state index in [9.17, 15) is 9.59 Å². The lowest BCUT2D eigenvalue weighted by molar-refractivity contribution is 0.0898. The van der Waals surface area contributed by atoms with Crippen LogP contribution in [0.15, 0.2) is 47.0 Å². The molecular weight excluding hydrogens is 427 g/mol. The van der Waals surface area contributed by atoms with E-state index in [0.29, 0.717) is 21.2 Å². The van der Waals surface area contributed by atoms with Crippen LogP contribution in [0.1, 0.15) is 21.0 Å². The summed E-state index contributed by atoms with van der Waals surface area (Å²) in [5.74, 6) is -0.789. The zero-order chi connectivity index (χ0) is 20.1. The first-order valence-corrected chi connectivity index (χ1v) is 9.18. The molecule has 0 fully saturated rings. The molecule has 2 amide bonds. The van der Waals surface area contributed by atoms with Crippen molar-refractivity contribution in [1.29, 1.82) is 0 Å². The molecule has 0 aliphatic heterocycles. The van der Waals surface area contributed by atoms with E-state index in [-0.39, 0.29) is 35.7 Å². The Labute approximate surface area is 175 Å². The van der Waals surface area contributed by atoms with E-state index in [2.05, 4.69) is 20.8 Å². The molecule has 28 heavy (non-hydrogen) atoms. The monoisotopic (exact) mass is 438 g/mol. The molecule has 10 heteroatoms. The Hall–Kier alpha value is -2.61. The Bertz CT molecular complexity index is 1010. The van der Waals surface area contributed by atoms with E-state index in [4.69, 9.17) is 39.3 Å². The van der Waals surface area contributed by atoms with Gasteiger partial charge in [0.25, 0.3) is 5.91 Å². The maximum absolute atomic E-state index is 12.1. The lowest BCUT2D eigenvalue weighted by atomic mass is 10.2. The van der Waals surface area contributed by atoms with E-state index in [1.807, 2.05) is 0 Å². The number of carbonyl (C=O) groups is 2. The van der Waals surface area contributed by atoms with Crippen LogP contribution in [0.4, 0.5) is 0 Å². The summed E-state index contributed by atoms with van der Waals surface area (Å²) in [7, 11) is 0. The van der Waals surface area contributed by atoms with Gasteiger partial charge in [-0.3, -0.25) is 9.59 Å². The fourth-order valence-corrected chi connectivity index (χ4v) is 2.62. The Morgan fingerprint density at radius 3 is 2.25 bits per heavy atom. The highest BCUT2D eigenvalue weighted by Gasteiger charge is 2.16. The van der Waals surface area contributed by atoms with Gasteiger partial charge in [-0.05, 0) is 42.5 Å². The second kappa shape index (κ2) is 9.05. The van der Waals surface area contributed by atoms with Crippen molar-refractivity contribution in [2.75, 3.05) is 13.1 Å². The number of amides is 2. The van der Waals surface area contributed by atoms with Gasteiger partial charge < -0.3 is 15.2 Å². The zero-order valence-electron chi connectivity index (χ0n) is 14.2. The van der Waals surface area contributed by atoms with E-state index in [1.165, 1.54) is 12.1 Å². The van der Waals surface area contributed by atoms with Gasteiger partial charge in [0.1, 0.15) is 0 Å². The molecule has 0 bridgehead atoms. The number of benzene rings is 2. The van der Waals surface area contributed by atoms with Crippen molar-refractivity contribution in [3.63, 3.8) is 0 Å². The van der Waals surface area contributed by atoms with Gasteiger partial charge in [-0.25, -0.2) is 0 Å². The molecule has 0 saturated heterocycles. The van der Waals surface area contributed by atoms with Gasteiger partial charge in [-0.15, -0.1) is 0 Å². The Kier molecular flexibility index (Phi) is 6.51. The number of hydrogen-bond donors (Lipinski definition) is 2. The molecule has 0 aliphatic rings. The molecule has 0 atom stereocenters. The van der Waals surface area contributed by atoms with Gasteiger partial charge in [0.05, 0.1) is 10.0 Å². The van der Waals surface area contributed by atoms with Crippen LogP contribution in [0, 0.1) is 0 Å². The first kappa shape index (κ1) is 20.1. The average Bonchev–Trinajstić information content (AvgIpc) is 3.18. The molecule has 144 valence electrons.